The molecule has 9 heteroatoms. The van der Waals surface area contributed by atoms with Gasteiger partial charge in [-0.1, -0.05) is 12.8 Å². The molecule has 0 aromatic heterocycles. The molecule has 0 aliphatic heterocycles. The third-order valence-corrected chi connectivity index (χ3v) is 4.88. The first kappa shape index (κ1) is 19.0. The van der Waals surface area contributed by atoms with Gasteiger partial charge in [-0.05, 0) is 31.0 Å². The molecule has 0 spiro atoms. The minimum Gasteiger partial charge on any atom is -0.495 e. The van der Waals surface area contributed by atoms with Crippen LogP contribution in [-0.2, 0) is 19.6 Å². The highest BCUT2D eigenvalue weighted by molar-refractivity contribution is 7.92. The first-order valence-electron chi connectivity index (χ1n) is 7.84. The number of sulfonamides is 1. The van der Waals surface area contributed by atoms with Crippen molar-refractivity contribution in [2.24, 2.45) is 5.41 Å². The quantitative estimate of drug-likeness (QED) is 0.675. The monoisotopic (exact) mass is 370 g/mol. The Morgan fingerprint density at radius 1 is 1.28 bits per heavy atom. The predicted octanol–water partition coefficient (Wildman–Crippen LogP) is 2.04. The van der Waals surface area contributed by atoms with Gasteiger partial charge in [0, 0.05) is 12.1 Å². The normalized spacial score (nSPS) is 16.2. The number of ether oxygens (including phenoxy) is 1. The minimum atomic E-state index is -3.52. The van der Waals surface area contributed by atoms with Crippen LogP contribution in [0.4, 0.5) is 11.4 Å². The van der Waals surface area contributed by atoms with Crippen molar-refractivity contribution in [1.82, 2.24) is 0 Å². The van der Waals surface area contributed by atoms with Gasteiger partial charge in [0.25, 0.3) is 0 Å². The molecule has 0 saturated heterocycles. The fraction of sp³-hybridized carbons (Fsp3) is 0.500. The lowest BCUT2D eigenvalue weighted by molar-refractivity contribution is -0.150. The number of methoxy groups -OCH3 is 1. The number of anilines is 2. The molecule has 0 unspecified atom stereocenters. The van der Waals surface area contributed by atoms with E-state index in [1.165, 1.54) is 19.2 Å². The zero-order chi connectivity index (χ0) is 18.7. The van der Waals surface area contributed by atoms with Gasteiger partial charge < -0.3 is 15.2 Å². The Balaban J connectivity index is 2.15. The van der Waals surface area contributed by atoms with E-state index in [0.717, 1.165) is 19.1 Å². The van der Waals surface area contributed by atoms with Crippen LogP contribution in [0.2, 0.25) is 0 Å². The third kappa shape index (κ3) is 4.85. The van der Waals surface area contributed by atoms with Crippen molar-refractivity contribution in [2.45, 2.75) is 32.1 Å². The number of hydrogen-bond acceptors (Lipinski definition) is 5. The summed E-state index contributed by atoms with van der Waals surface area (Å²) in [5, 5.41) is 12.1. The average molecular weight is 370 g/mol. The molecule has 138 valence electrons. The lowest BCUT2D eigenvalue weighted by Gasteiger charge is -2.23. The predicted molar refractivity (Wildman–Crippen MR) is 93.2 cm³/mol. The van der Waals surface area contributed by atoms with Gasteiger partial charge in [0.1, 0.15) is 5.75 Å². The van der Waals surface area contributed by atoms with E-state index in [9.17, 15) is 23.1 Å². The zero-order valence-electron chi connectivity index (χ0n) is 14.2. The number of carboxylic acids is 1. The Kier molecular flexibility index (Phi) is 5.56. The number of amides is 1. The molecule has 3 N–H and O–H groups in total. The number of carbonyl (C=O) groups excluding carboxylic acids is 1. The second kappa shape index (κ2) is 7.30. The number of aliphatic carboxylic acids is 1. The fourth-order valence-electron chi connectivity index (χ4n) is 3.10. The highest BCUT2D eigenvalue weighted by Gasteiger charge is 2.42. The van der Waals surface area contributed by atoms with Crippen molar-refractivity contribution in [2.75, 3.05) is 23.4 Å². The van der Waals surface area contributed by atoms with Crippen LogP contribution < -0.4 is 14.8 Å². The molecule has 1 aromatic rings. The molecule has 0 heterocycles. The van der Waals surface area contributed by atoms with E-state index < -0.39 is 27.3 Å². The smallest absolute Gasteiger partial charge is 0.310 e. The molecule has 1 aromatic carbocycles. The van der Waals surface area contributed by atoms with Gasteiger partial charge in [-0.25, -0.2) is 8.42 Å². The van der Waals surface area contributed by atoms with Crippen molar-refractivity contribution in [1.29, 1.82) is 0 Å². The first-order chi connectivity index (χ1) is 11.6. The summed E-state index contributed by atoms with van der Waals surface area (Å²) in [5.41, 5.74) is -0.461. The second-order valence-corrected chi connectivity index (χ2v) is 8.06. The summed E-state index contributed by atoms with van der Waals surface area (Å²) in [7, 11) is -2.11. The fourth-order valence-corrected chi connectivity index (χ4v) is 3.65. The topological polar surface area (TPSA) is 122 Å². The van der Waals surface area contributed by atoms with Crippen LogP contribution in [0.15, 0.2) is 18.2 Å². The maximum atomic E-state index is 12.3. The Morgan fingerprint density at radius 2 is 1.92 bits per heavy atom. The molecule has 8 nitrogen and oxygen atoms in total. The van der Waals surface area contributed by atoms with E-state index >= 15 is 0 Å². The average Bonchev–Trinajstić information content (AvgIpc) is 2.95. The molecule has 2 rings (SSSR count). The molecule has 0 bridgehead atoms. The maximum Gasteiger partial charge on any atom is 0.310 e. The lowest BCUT2D eigenvalue weighted by Crippen LogP contribution is -2.32. The number of benzene rings is 1. The summed E-state index contributed by atoms with van der Waals surface area (Å²) in [5.74, 6) is -1.06. The van der Waals surface area contributed by atoms with Crippen molar-refractivity contribution < 1.29 is 27.9 Å². The van der Waals surface area contributed by atoms with E-state index in [-0.39, 0.29) is 12.1 Å². The van der Waals surface area contributed by atoms with Crippen molar-refractivity contribution in [3.05, 3.63) is 18.2 Å². The van der Waals surface area contributed by atoms with Crippen LogP contribution in [-0.4, -0.2) is 38.8 Å². The molecular weight excluding hydrogens is 348 g/mol. The van der Waals surface area contributed by atoms with Crippen LogP contribution in [0.3, 0.4) is 0 Å². The van der Waals surface area contributed by atoms with Gasteiger partial charge >= 0.3 is 5.97 Å². The lowest BCUT2D eigenvalue weighted by atomic mass is 9.82. The summed E-state index contributed by atoms with van der Waals surface area (Å²) in [6.45, 7) is 0. The standard InChI is InChI=1S/C16H22N2O6S/c1-24-13-6-5-11(9-12(13)18-25(2,22)23)17-14(19)10-16(15(20)21)7-3-4-8-16/h5-6,9,18H,3-4,7-8,10H2,1-2H3,(H,17,19)(H,20,21). The first-order valence-corrected chi connectivity index (χ1v) is 9.73. The van der Waals surface area contributed by atoms with Gasteiger partial charge in [-0.15, -0.1) is 0 Å². The number of rotatable bonds is 7. The Hall–Kier alpha value is -2.29. The van der Waals surface area contributed by atoms with Crippen LogP contribution in [0.5, 0.6) is 5.75 Å². The number of nitrogens with one attached hydrogen (secondary N) is 2. The van der Waals surface area contributed by atoms with Crippen LogP contribution in [0, 0.1) is 5.41 Å². The molecule has 0 atom stereocenters. The molecule has 1 aliphatic carbocycles. The summed E-state index contributed by atoms with van der Waals surface area (Å²) in [6.07, 6.45) is 3.46. The van der Waals surface area contributed by atoms with Crippen molar-refractivity contribution in [3.8, 4) is 5.75 Å². The molecular formula is C16H22N2O6S. The Morgan fingerprint density at radius 3 is 2.44 bits per heavy atom. The molecule has 1 amide bonds. The van der Waals surface area contributed by atoms with E-state index in [4.69, 9.17) is 4.74 Å². The minimum absolute atomic E-state index is 0.108. The third-order valence-electron chi connectivity index (χ3n) is 4.29. The van der Waals surface area contributed by atoms with E-state index in [2.05, 4.69) is 10.0 Å². The Bertz CT molecular complexity index is 769. The summed E-state index contributed by atoms with van der Waals surface area (Å²) >= 11 is 0. The second-order valence-electron chi connectivity index (χ2n) is 6.31. The van der Waals surface area contributed by atoms with Crippen LogP contribution in [0.25, 0.3) is 0 Å². The van der Waals surface area contributed by atoms with E-state index in [1.54, 1.807) is 6.07 Å². The SMILES string of the molecule is COc1ccc(NC(=O)CC2(C(=O)O)CCCC2)cc1NS(C)(=O)=O. The highest BCUT2D eigenvalue weighted by atomic mass is 32.2. The summed E-state index contributed by atoms with van der Waals surface area (Å²) < 4.78 is 30.3. The highest BCUT2D eigenvalue weighted by Crippen LogP contribution is 2.41. The van der Waals surface area contributed by atoms with Gasteiger partial charge in [0.2, 0.25) is 15.9 Å². The molecule has 0 radical (unpaired) electrons. The number of hydrogen-bond donors (Lipinski definition) is 3. The maximum absolute atomic E-state index is 12.3. The van der Waals surface area contributed by atoms with E-state index in [1.807, 2.05) is 0 Å². The van der Waals surface area contributed by atoms with Gasteiger partial charge in [0.15, 0.2) is 0 Å². The van der Waals surface area contributed by atoms with Crippen LogP contribution >= 0.6 is 0 Å². The molecule has 1 aliphatic rings. The largest absolute Gasteiger partial charge is 0.495 e. The number of carboxylic acid groups (broad SMARTS) is 1. The van der Waals surface area contributed by atoms with Crippen molar-refractivity contribution >= 4 is 33.3 Å². The molecule has 1 fully saturated rings. The van der Waals surface area contributed by atoms with Crippen molar-refractivity contribution in [3.63, 3.8) is 0 Å². The summed E-state index contributed by atoms with van der Waals surface area (Å²) in [6, 6.07) is 4.51. The Labute approximate surface area is 146 Å². The van der Waals surface area contributed by atoms with Gasteiger partial charge in [-0.3, -0.25) is 14.3 Å². The van der Waals surface area contributed by atoms with Gasteiger partial charge in [-0.2, -0.15) is 0 Å². The molecule has 1 saturated carbocycles. The van der Waals surface area contributed by atoms with Gasteiger partial charge in [0.05, 0.1) is 24.5 Å². The molecule has 25 heavy (non-hydrogen) atoms. The zero-order valence-corrected chi connectivity index (χ0v) is 15.0. The number of carbonyl (C=O) groups is 2. The van der Waals surface area contributed by atoms with Crippen LogP contribution in [0.1, 0.15) is 32.1 Å². The van der Waals surface area contributed by atoms with E-state index in [0.29, 0.717) is 24.3 Å². The summed E-state index contributed by atoms with van der Waals surface area (Å²) in [4.78, 5) is 23.8.